The van der Waals surface area contributed by atoms with E-state index in [1.54, 1.807) is 24.0 Å². The standard InChI is InChI=1S/C10H15NO2S/c1-8(5-12)6-14-7-10(13)9-3-2-4-11-9/h2-4,8,11-12H,5-7H2,1H3. The zero-order valence-electron chi connectivity index (χ0n) is 8.19. The van der Waals surface area contributed by atoms with E-state index in [0.717, 1.165) is 5.75 Å². The Labute approximate surface area is 87.9 Å². The number of aromatic nitrogens is 1. The van der Waals surface area contributed by atoms with Gasteiger partial charge >= 0.3 is 0 Å². The van der Waals surface area contributed by atoms with Crippen LogP contribution in [0.3, 0.4) is 0 Å². The summed E-state index contributed by atoms with van der Waals surface area (Å²) in [6, 6.07) is 3.59. The molecule has 0 aliphatic carbocycles. The molecule has 0 saturated heterocycles. The summed E-state index contributed by atoms with van der Waals surface area (Å²) in [5.41, 5.74) is 0.661. The average molecular weight is 213 g/mol. The van der Waals surface area contributed by atoms with Crippen molar-refractivity contribution in [2.45, 2.75) is 6.92 Å². The van der Waals surface area contributed by atoms with Crippen molar-refractivity contribution in [3.05, 3.63) is 24.0 Å². The van der Waals surface area contributed by atoms with Crippen LogP contribution in [-0.2, 0) is 0 Å². The van der Waals surface area contributed by atoms with E-state index in [4.69, 9.17) is 5.11 Å². The van der Waals surface area contributed by atoms with Crippen LogP contribution in [0.4, 0.5) is 0 Å². The van der Waals surface area contributed by atoms with E-state index in [2.05, 4.69) is 4.98 Å². The van der Waals surface area contributed by atoms with Gasteiger partial charge in [0.2, 0.25) is 0 Å². The fourth-order valence-electron chi connectivity index (χ4n) is 0.987. The van der Waals surface area contributed by atoms with Crippen molar-refractivity contribution >= 4 is 17.5 Å². The molecule has 1 rings (SSSR count). The minimum Gasteiger partial charge on any atom is -0.396 e. The summed E-state index contributed by atoms with van der Waals surface area (Å²) in [5, 5.41) is 8.78. The smallest absolute Gasteiger partial charge is 0.188 e. The maximum Gasteiger partial charge on any atom is 0.188 e. The van der Waals surface area contributed by atoms with Crippen LogP contribution in [0.2, 0.25) is 0 Å². The number of H-pyrrole nitrogens is 1. The number of hydrogen-bond acceptors (Lipinski definition) is 3. The molecule has 1 unspecified atom stereocenters. The van der Waals surface area contributed by atoms with Crippen molar-refractivity contribution in [1.82, 2.24) is 4.98 Å². The third kappa shape index (κ3) is 3.55. The Bertz CT molecular complexity index is 272. The molecule has 14 heavy (non-hydrogen) atoms. The maximum absolute atomic E-state index is 11.5. The molecule has 0 aromatic carbocycles. The highest BCUT2D eigenvalue weighted by Gasteiger charge is 2.07. The van der Waals surface area contributed by atoms with Crippen LogP contribution in [-0.4, -0.2) is 34.0 Å². The van der Waals surface area contributed by atoms with Gasteiger partial charge < -0.3 is 10.1 Å². The molecule has 78 valence electrons. The SMILES string of the molecule is CC(CO)CSCC(=O)c1ccc[nH]1. The molecular weight excluding hydrogens is 198 g/mol. The van der Waals surface area contributed by atoms with E-state index >= 15 is 0 Å². The van der Waals surface area contributed by atoms with Gasteiger partial charge in [-0.2, -0.15) is 11.8 Å². The Kier molecular flexibility index (Phi) is 4.76. The number of ketones is 1. The first-order chi connectivity index (χ1) is 6.74. The van der Waals surface area contributed by atoms with Crippen molar-refractivity contribution in [1.29, 1.82) is 0 Å². The molecule has 2 N–H and O–H groups in total. The van der Waals surface area contributed by atoms with Crippen LogP contribution >= 0.6 is 11.8 Å². The zero-order valence-corrected chi connectivity index (χ0v) is 9.01. The molecule has 0 bridgehead atoms. The Balaban J connectivity index is 2.23. The molecular formula is C10H15NO2S. The van der Waals surface area contributed by atoms with Crippen LogP contribution in [0, 0.1) is 5.92 Å². The lowest BCUT2D eigenvalue weighted by molar-refractivity contribution is 0.101. The van der Waals surface area contributed by atoms with E-state index in [1.807, 2.05) is 13.0 Å². The first-order valence-corrected chi connectivity index (χ1v) is 5.74. The van der Waals surface area contributed by atoms with Crippen molar-refractivity contribution < 1.29 is 9.90 Å². The molecule has 1 heterocycles. The van der Waals surface area contributed by atoms with E-state index in [0.29, 0.717) is 11.4 Å². The molecule has 0 amide bonds. The van der Waals surface area contributed by atoms with Gasteiger partial charge in [-0.25, -0.2) is 0 Å². The normalized spacial score (nSPS) is 12.7. The average Bonchev–Trinajstić information content (AvgIpc) is 2.70. The molecule has 0 aliphatic heterocycles. The van der Waals surface area contributed by atoms with E-state index in [9.17, 15) is 4.79 Å². The van der Waals surface area contributed by atoms with Crippen LogP contribution in [0.25, 0.3) is 0 Å². The molecule has 0 saturated carbocycles. The Morgan fingerprint density at radius 2 is 2.50 bits per heavy atom. The fourth-order valence-corrected chi connectivity index (χ4v) is 1.95. The molecule has 0 spiro atoms. The number of thioether (sulfide) groups is 1. The number of hydrogen-bond donors (Lipinski definition) is 2. The lowest BCUT2D eigenvalue weighted by atomic mass is 10.2. The summed E-state index contributed by atoms with van der Waals surface area (Å²) in [7, 11) is 0. The minimum atomic E-state index is 0.116. The Morgan fingerprint density at radius 3 is 3.07 bits per heavy atom. The van der Waals surface area contributed by atoms with Gasteiger partial charge in [-0.15, -0.1) is 0 Å². The quantitative estimate of drug-likeness (QED) is 0.705. The molecule has 0 radical (unpaired) electrons. The predicted octanol–water partition coefficient (Wildman–Crippen LogP) is 1.56. The van der Waals surface area contributed by atoms with Crippen LogP contribution in [0.5, 0.6) is 0 Å². The summed E-state index contributed by atoms with van der Waals surface area (Å²) in [4.78, 5) is 14.3. The third-order valence-corrected chi connectivity index (χ3v) is 3.12. The first kappa shape index (κ1) is 11.3. The van der Waals surface area contributed by atoms with Crippen molar-refractivity contribution in [3.8, 4) is 0 Å². The molecule has 1 aromatic rings. The molecule has 0 aliphatic rings. The number of carbonyl (C=O) groups is 1. The summed E-state index contributed by atoms with van der Waals surface area (Å²) in [5.74, 6) is 1.68. The number of rotatable bonds is 6. The van der Waals surface area contributed by atoms with Gasteiger partial charge in [-0.3, -0.25) is 4.79 Å². The van der Waals surface area contributed by atoms with Gasteiger partial charge in [0.25, 0.3) is 0 Å². The summed E-state index contributed by atoms with van der Waals surface area (Å²) in [6.07, 6.45) is 1.74. The molecule has 1 aromatic heterocycles. The summed E-state index contributed by atoms with van der Waals surface area (Å²) in [6.45, 7) is 2.15. The highest BCUT2D eigenvalue weighted by atomic mass is 32.2. The highest BCUT2D eigenvalue weighted by molar-refractivity contribution is 7.99. The van der Waals surface area contributed by atoms with Gasteiger partial charge in [0, 0.05) is 12.8 Å². The predicted molar refractivity (Wildman–Crippen MR) is 58.7 cm³/mol. The van der Waals surface area contributed by atoms with Gasteiger partial charge in [-0.05, 0) is 23.8 Å². The second kappa shape index (κ2) is 5.88. The van der Waals surface area contributed by atoms with Crippen molar-refractivity contribution in [2.75, 3.05) is 18.1 Å². The second-order valence-electron chi connectivity index (χ2n) is 3.31. The second-order valence-corrected chi connectivity index (χ2v) is 4.34. The summed E-state index contributed by atoms with van der Waals surface area (Å²) < 4.78 is 0. The molecule has 3 nitrogen and oxygen atoms in total. The Hall–Kier alpha value is -0.740. The van der Waals surface area contributed by atoms with Gasteiger partial charge in [-0.1, -0.05) is 6.92 Å². The van der Waals surface area contributed by atoms with Crippen molar-refractivity contribution in [3.63, 3.8) is 0 Å². The number of aliphatic hydroxyl groups excluding tert-OH is 1. The van der Waals surface area contributed by atoms with Gasteiger partial charge in [0.05, 0.1) is 11.4 Å². The lowest BCUT2D eigenvalue weighted by Gasteiger charge is -2.05. The largest absolute Gasteiger partial charge is 0.396 e. The van der Waals surface area contributed by atoms with E-state index in [1.165, 1.54) is 0 Å². The lowest BCUT2D eigenvalue weighted by Crippen LogP contribution is -2.08. The minimum absolute atomic E-state index is 0.116. The van der Waals surface area contributed by atoms with E-state index < -0.39 is 0 Å². The van der Waals surface area contributed by atoms with Crippen LogP contribution < -0.4 is 0 Å². The van der Waals surface area contributed by atoms with Gasteiger partial charge in [0.15, 0.2) is 5.78 Å². The summed E-state index contributed by atoms with van der Waals surface area (Å²) >= 11 is 1.56. The molecule has 0 fully saturated rings. The highest BCUT2D eigenvalue weighted by Crippen LogP contribution is 2.10. The number of nitrogens with one attached hydrogen (secondary N) is 1. The topological polar surface area (TPSA) is 53.1 Å². The molecule has 1 atom stereocenters. The molecule has 4 heteroatoms. The number of Topliss-reactive ketones (excluding diaryl/α,β-unsaturated/α-hetero) is 1. The number of aromatic amines is 1. The van der Waals surface area contributed by atoms with Crippen LogP contribution in [0.15, 0.2) is 18.3 Å². The first-order valence-electron chi connectivity index (χ1n) is 4.59. The zero-order chi connectivity index (χ0) is 10.4. The van der Waals surface area contributed by atoms with Crippen LogP contribution in [0.1, 0.15) is 17.4 Å². The monoisotopic (exact) mass is 213 g/mol. The third-order valence-electron chi connectivity index (χ3n) is 1.85. The van der Waals surface area contributed by atoms with Gasteiger partial charge in [0.1, 0.15) is 0 Å². The van der Waals surface area contributed by atoms with E-state index in [-0.39, 0.29) is 18.3 Å². The maximum atomic E-state index is 11.5. The van der Waals surface area contributed by atoms with Crippen molar-refractivity contribution in [2.24, 2.45) is 5.92 Å². The number of aliphatic hydroxyl groups is 1. The number of carbonyl (C=O) groups excluding carboxylic acids is 1. The fraction of sp³-hybridized carbons (Fsp3) is 0.500. The Morgan fingerprint density at radius 1 is 1.71 bits per heavy atom.